The van der Waals surface area contributed by atoms with Crippen molar-refractivity contribution in [3.05, 3.63) is 0 Å². The Morgan fingerprint density at radius 2 is 2.00 bits per heavy atom. The smallest absolute Gasteiger partial charge is 0.212 e. The zero-order chi connectivity index (χ0) is 8.98. The second kappa shape index (κ2) is 2.23. The quantitative estimate of drug-likeness (QED) is 0.640. The summed E-state index contributed by atoms with van der Waals surface area (Å²) in [6.45, 7) is 5.88. The fourth-order valence-corrected chi connectivity index (χ4v) is 4.72. The predicted molar refractivity (Wildman–Crippen MR) is 47.2 cm³/mol. The van der Waals surface area contributed by atoms with E-state index >= 15 is 0 Å². The molecule has 70 valence electrons. The first-order valence-electron chi connectivity index (χ1n) is 4.41. The molecule has 0 aliphatic carbocycles. The van der Waals surface area contributed by atoms with Crippen molar-refractivity contribution in [2.75, 3.05) is 18.8 Å². The molecule has 0 amide bonds. The molecule has 3 heterocycles. The van der Waals surface area contributed by atoms with Crippen LogP contribution in [0.3, 0.4) is 0 Å². The van der Waals surface area contributed by atoms with E-state index in [4.69, 9.17) is 0 Å². The van der Waals surface area contributed by atoms with Crippen LogP contribution in [0.25, 0.3) is 0 Å². The highest BCUT2D eigenvalue weighted by molar-refractivity contribution is 7.89. The molecular weight excluding hydrogens is 174 g/mol. The van der Waals surface area contributed by atoms with E-state index < -0.39 is 10.0 Å². The van der Waals surface area contributed by atoms with Gasteiger partial charge < -0.3 is 0 Å². The van der Waals surface area contributed by atoms with Gasteiger partial charge in [-0.1, -0.05) is 13.8 Å². The van der Waals surface area contributed by atoms with Crippen LogP contribution in [-0.2, 0) is 10.0 Å². The van der Waals surface area contributed by atoms with Crippen molar-refractivity contribution in [3.8, 4) is 0 Å². The highest BCUT2D eigenvalue weighted by Crippen LogP contribution is 2.46. The fourth-order valence-electron chi connectivity index (χ4n) is 2.52. The largest absolute Gasteiger partial charge is 0.214 e. The first-order valence-corrected chi connectivity index (χ1v) is 6.02. The standard InChI is InChI=1S/C8H15NO2S/c1-7(2)3-8-4-9(5-8)12(10,11)6-8/h7H,3-6H2,1-2H3. The summed E-state index contributed by atoms with van der Waals surface area (Å²) in [6, 6.07) is 0. The van der Waals surface area contributed by atoms with E-state index in [0.717, 1.165) is 19.5 Å². The minimum Gasteiger partial charge on any atom is -0.212 e. The summed E-state index contributed by atoms with van der Waals surface area (Å²) in [5.41, 5.74) is 0.132. The van der Waals surface area contributed by atoms with Gasteiger partial charge in [0, 0.05) is 18.5 Å². The van der Waals surface area contributed by atoms with Gasteiger partial charge in [-0.05, 0) is 12.3 Å². The third kappa shape index (κ3) is 1.09. The molecule has 3 saturated heterocycles. The number of hydrogen-bond donors (Lipinski definition) is 0. The Kier molecular flexibility index (Phi) is 1.58. The summed E-state index contributed by atoms with van der Waals surface area (Å²) in [5.74, 6) is 1.01. The molecule has 0 aromatic rings. The van der Waals surface area contributed by atoms with Gasteiger partial charge in [-0.25, -0.2) is 12.7 Å². The second-order valence-electron chi connectivity index (χ2n) is 4.62. The first kappa shape index (κ1) is 8.51. The number of rotatable bonds is 2. The van der Waals surface area contributed by atoms with E-state index in [9.17, 15) is 8.42 Å². The first-order chi connectivity index (χ1) is 5.44. The number of nitrogens with zero attached hydrogens (tertiary/aromatic N) is 1. The van der Waals surface area contributed by atoms with Crippen molar-refractivity contribution in [1.29, 1.82) is 0 Å². The van der Waals surface area contributed by atoms with Crippen LogP contribution < -0.4 is 0 Å². The topological polar surface area (TPSA) is 37.4 Å². The molecule has 0 unspecified atom stereocenters. The predicted octanol–water partition coefficient (Wildman–Crippen LogP) is 0.678. The molecule has 12 heavy (non-hydrogen) atoms. The molecule has 0 atom stereocenters. The molecule has 3 aliphatic heterocycles. The molecular formula is C8H15NO2S. The molecule has 3 nitrogen and oxygen atoms in total. The van der Waals surface area contributed by atoms with Gasteiger partial charge in [0.15, 0.2) is 0 Å². The lowest BCUT2D eigenvalue weighted by atomic mass is 9.77. The van der Waals surface area contributed by atoms with Gasteiger partial charge in [-0.2, -0.15) is 0 Å². The van der Waals surface area contributed by atoms with Crippen molar-refractivity contribution >= 4 is 10.0 Å². The maximum absolute atomic E-state index is 11.3. The van der Waals surface area contributed by atoms with Crippen LogP contribution in [0.5, 0.6) is 0 Å². The van der Waals surface area contributed by atoms with Crippen molar-refractivity contribution in [3.63, 3.8) is 0 Å². The summed E-state index contributed by atoms with van der Waals surface area (Å²) in [4.78, 5) is 0. The van der Waals surface area contributed by atoms with Crippen LogP contribution in [0.1, 0.15) is 20.3 Å². The molecule has 2 bridgehead atoms. The Morgan fingerprint density at radius 3 is 2.33 bits per heavy atom. The van der Waals surface area contributed by atoms with E-state index in [1.165, 1.54) is 0 Å². The Bertz CT molecular complexity index is 288. The third-order valence-electron chi connectivity index (χ3n) is 2.75. The maximum atomic E-state index is 11.3. The van der Waals surface area contributed by atoms with Crippen LogP contribution in [0.2, 0.25) is 0 Å². The van der Waals surface area contributed by atoms with Crippen molar-refractivity contribution in [2.45, 2.75) is 20.3 Å². The molecule has 0 N–H and O–H groups in total. The normalized spacial score (nSPS) is 43.1. The van der Waals surface area contributed by atoms with E-state index in [1.807, 2.05) is 0 Å². The molecule has 3 aliphatic rings. The summed E-state index contributed by atoms with van der Waals surface area (Å²) in [6.07, 6.45) is 1.06. The molecule has 0 spiro atoms. The lowest BCUT2D eigenvalue weighted by molar-refractivity contribution is 0.106. The molecule has 0 saturated carbocycles. The van der Waals surface area contributed by atoms with Crippen LogP contribution in [0, 0.1) is 11.3 Å². The Morgan fingerprint density at radius 1 is 1.42 bits per heavy atom. The number of hydrogen-bond acceptors (Lipinski definition) is 2. The zero-order valence-electron chi connectivity index (χ0n) is 7.58. The molecule has 3 fully saturated rings. The molecule has 0 radical (unpaired) electrons. The summed E-state index contributed by atoms with van der Waals surface area (Å²) in [7, 11) is -2.82. The highest BCUT2D eigenvalue weighted by atomic mass is 32.2. The van der Waals surface area contributed by atoms with Gasteiger partial charge in [-0.15, -0.1) is 0 Å². The van der Waals surface area contributed by atoms with Gasteiger partial charge in [0.1, 0.15) is 0 Å². The Balaban J connectivity index is 2.12. The minimum absolute atomic E-state index is 0.132. The minimum atomic E-state index is -2.82. The molecule has 4 heteroatoms. The fraction of sp³-hybridized carbons (Fsp3) is 1.00. The van der Waals surface area contributed by atoms with Crippen LogP contribution in [-0.4, -0.2) is 31.6 Å². The van der Waals surface area contributed by atoms with Crippen molar-refractivity contribution in [1.82, 2.24) is 4.31 Å². The third-order valence-corrected chi connectivity index (χ3v) is 4.77. The highest BCUT2D eigenvalue weighted by Gasteiger charge is 2.58. The SMILES string of the molecule is CC(C)CC12CN(C1)S(=O)(=O)C2. The monoisotopic (exact) mass is 189 g/mol. The summed E-state index contributed by atoms with van der Waals surface area (Å²) in [5, 5.41) is 0. The second-order valence-corrected chi connectivity index (χ2v) is 6.59. The average Bonchev–Trinajstić information content (AvgIpc) is 2.10. The average molecular weight is 189 g/mol. The van der Waals surface area contributed by atoms with Gasteiger partial charge in [0.2, 0.25) is 10.0 Å². The van der Waals surface area contributed by atoms with Gasteiger partial charge in [-0.3, -0.25) is 0 Å². The van der Waals surface area contributed by atoms with Gasteiger partial charge >= 0.3 is 0 Å². The summed E-state index contributed by atoms with van der Waals surface area (Å²) < 4.78 is 24.2. The van der Waals surface area contributed by atoms with Crippen molar-refractivity contribution in [2.24, 2.45) is 11.3 Å². The van der Waals surface area contributed by atoms with Crippen LogP contribution in [0.4, 0.5) is 0 Å². The molecule has 0 aromatic heterocycles. The van der Waals surface area contributed by atoms with E-state index in [0.29, 0.717) is 11.7 Å². The summed E-state index contributed by atoms with van der Waals surface area (Å²) >= 11 is 0. The Labute approximate surface area is 73.8 Å². The van der Waals surface area contributed by atoms with Crippen molar-refractivity contribution < 1.29 is 8.42 Å². The van der Waals surface area contributed by atoms with Gasteiger partial charge in [0.05, 0.1) is 5.75 Å². The van der Waals surface area contributed by atoms with Crippen LogP contribution >= 0.6 is 0 Å². The number of sulfonamides is 1. The van der Waals surface area contributed by atoms with E-state index in [-0.39, 0.29) is 5.41 Å². The van der Waals surface area contributed by atoms with Gasteiger partial charge in [0.25, 0.3) is 0 Å². The van der Waals surface area contributed by atoms with E-state index in [1.54, 1.807) is 4.31 Å². The van der Waals surface area contributed by atoms with Crippen LogP contribution in [0.15, 0.2) is 0 Å². The van der Waals surface area contributed by atoms with E-state index in [2.05, 4.69) is 13.8 Å². The Hall–Kier alpha value is -0.0900. The molecule has 3 rings (SSSR count). The number of fused-ring (bicyclic) bond motifs is 1. The lowest BCUT2D eigenvalue weighted by Crippen LogP contribution is -2.48. The zero-order valence-corrected chi connectivity index (χ0v) is 8.39. The maximum Gasteiger partial charge on any atom is 0.214 e. The lowest BCUT2D eigenvalue weighted by Gasteiger charge is -2.38. The molecule has 0 aromatic carbocycles.